The molecule has 2 saturated heterocycles. The molecule has 7 nitrogen and oxygen atoms in total. The van der Waals surface area contributed by atoms with E-state index in [1.54, 1.807) is 7.11 Å². The molecule has 0 N–H and O–H groups in total. The average molecular weight is 243 g/mol. The zero-order chi connectivity index (χ0) is 12.5. The van der Waals surface area contributed by atoms with E-state index in [4.69, 9.17) is 24.5 Å². The van der Waals surface area contributed by atoms with Crippen molar-refractivity contribution in [2.24, 2.45) is 5.11 Å². The third kappa shape index (κ3) is 2.70. The summed E-state index contributed by atoms with van der Waals surface area (Å²) >= 11 is 0. The van der Waals surface area contributed by atoms with Crippen LogP contribution >= 0.6 is 0 Å². The summed E-state index contributed by atoms with van der Waals surface area (Å²) in [4.78, 5) is 2.73. The molecule has 0 bridgehead atoms. The van der Waals surface area contributed by atoms with Gasteiger partial charge in [0.1, 0.15) is 6.10 Å². The standard InChI is InChI=1S/C10H17N3O4/c1-10(2)16-7-4-6(5-12-13-11)15-9(14-3)8(7)17-10/h6-9H,4-5H2,1-3H3/t6?,7-,8?,9+/m0/s1. The van der Waals surface area contributed by atoms with Crippen LogP contribution in [0, 0.1) is 0 Å². The van der Waals surface area contributed by atoms with Gasteiger partial charge in [-0.1, -0.05) is 5.11 Å². The number of hydrogen-bond donors (Lipinski definition) is 0. The summed E-state index contributed by atoms with van der Waals surface area (Å²) in [6.45, 7) is 4.00. The predicted octanol–water partition coefficient (Wildman–Crippen LogP) is 1.58. The number of fused-ring (bicyclic) bond motifs is 1. The number of nitrogens with zero attached hydrogens (tertiary/aromatic N) is 3. The van der Waals surface area contributed by atoms with Crippen LogP contribution < -0.4 is 0 Å². The SMILES string of the molecule is CO[C@@H]1OC(CN=[N+]=[N-])C[C@@H]2OC(C)(C)OC12. The monoisotopic (exact) mass is 243 g/mol. The molecule has 0 radical (unpaired) electrons. The molecule has 2 aliphatic heterocycles. The maximum atomic E-state index is 8.31. The highest BCUT2D eigenvalue weighted by Crippen LogP contribution is 2.37. The van der Waals surface area contributed by atoms with Crippen molar-refractivity contribution in [3.05, 3.63) is 10.4 Å². The molecular formula is C10H17N3O4. The van der Waals surface area contributed by atoms with Gasteiger partial charge in [-0.3, -0.25) is 0 Å². The highest BCUT2D eigenvalue weighted by molar-refractivity contribution is 4.90. The molecule has 0 saturated carbocycles. The molecule has 0 aliphatic carbocycles. The van der Waals surface area contributed by atoms with Gasteiger partial charge < -0.3 is 18.9 Å². The topological polar surface area (TPSA) is 85.7 Å². The molecule has 4 atom stereocenters. The minimum absolute atomic E-state index is 0.0809. The van der Waals surface area contributed by atoms with Crippen LogP contribution in [-0.4, -0.2) is 44.0 Å². The smallest absolute Gasteiger partial charge is 0.186 e. The summed E-state index contributed by atoms with van der Waals surface area (Å²) in [5.41, 5.74) is 8.31. The van der Waals surface area contributed by atoms with Gasteiger partial charge in [0.05, 0.1) is 18.8 Å². The summed E-state index contributed by atoms with van der Waals surface area (Å²) < 4.78 is 22.4. The van der Waals surface area contributed by atoms with E-state index in [1.165, 1.54) is 0 Å². The third-order valence-corrected chi connectivity index (χ3v) is 2.89. The van der Waals surface area contributed by atoms with Crippen LogP contribution in [0.5, 0.6) is 0 Å². The van der Waals surface area contributed by atoms with Crippen LogP contribution in [0.1, 0.15) is 20.3 Å². The Balaban J connectivity index is 2.05. The molecule has 2 unspecified atom stereocenters. The summed E-state index contributed by atoms with van der Waals surface area (Å²) in [6.07, 6.45) is -0.323. The lowest BCUT2D eigenvalue weighted by Crippen LogP contribution is -2.48. The summed E-state index contributed by atoms with van der Waals surface area (Å²) in [6, 6.07) is 0. The zero-order valence-corrected chi connectivity index (χ0v) is 10.2. The van der Waals surface area contributed by atoms with Crippen molar-refractivity contribution < 1.29 is 18.9 Å². The molecule has 2 heterocycles. The van der Waals surface area contributed by atoms with Gasteiger partial charge in [0.25, 0.3) is 0 Å². The quantitative estimate of drug-likeness (QED) is 0.428. The average Bonchev–Trinajstić information content (AvgIpc) is 2.59. The van der Waals surface area contributed by atoms with Gasteiger partial charge in [0.15, 0.2) is 12.1 Å². The van der Waals surface area contributed by atoms with Gasteiger partial charge in [-0.05, 0) is 19.4 Å². The van der Waals surface area contributed by atoms with E-state index in [0.717, 1.165) is 0 Å². The van der Waals surface area contributed by atoms with Gasteiger partial charge in [-0.25, -0.2) is 0 Å². The molecule has 0 aromatic carbocycles. The van der Waals surface area contributed by atoms with Crippen LogP contribution in [0.15, 0.2) is 5.11 Å². The third-order valence-electron chi connectivity index (χ3n) is 2.89. The molecule has 17 heavy (non-hydrogen) atoms. The molecule has 0 aromatic rings. The van der Waals surface area contributed by atoms with E-state index < -0.39 is 12.1 Å². The summed E-state index contributed by atoms with van der Waals surface area (Å²) in [5, 5.41) is 3.52. The lowest BCUT2D eigenvalue weighted by atomic mass is 10.0. The first kappa shape index (κ1) is 12.6. The first-order valence-corrected chi connectivity index (χ1v) is 5.60. The van der Waals surface area contributed by atoms with Gasteiger partial charge in [0, 0.05) is 18.4 Å². The fourth-order valence-corrected chi connectivity index (χ4v) is 2.29. The Morgan fingerprint density at radius 1 is 1.47 bits per heavy atom. The largest absolute Gasteiger partial charge is 0.353 e. The van der Waals surface area contributed by atoms with Crippen molar-refractivity contribution in [1.29, 1.82) is 0 Å². The van der Waals surface area contributed by atoms with Crippen LogP contribution in [-0.2, 0) is 18.9 Å². The Labute approximate surface area is 99.6 Å². The number of azide groups is 1. The van der Waals surface area contributed by atoms with E-state index in [1.807, 2.05) is 13.8 Å². The van der Waals surface area contributed by atoms with Crippen molar-refractivity contribution >= 4 is 0 Å². The van der Waals surface area contributed by atoms with Gasteiger partial charge in [-0.15, -0.1) is 0 Å². The highest BCUT2D eigenvalue weighted by atomic mass is 16.8. The Hall–Kier alpha value is -0.850. The summed E-state index contributed by atoms with van der Waals surface area (Å²) in [7, 11) is 1.56. The minimum atomic E-state index is -0.622. The second-order valence-electron chi connectivity index (χ2n) is 4.65. The minimum Gasteiger partial charge on any atom is -0.353 e. The van der Waals surface area contributed by atoms with Crippen molar-refractivity contribution in [2.75, 3.05) is 13.7 Å². The molecule has 0 amide bonds. The van der Waals surface area contributed by atoms with Crippen molar-refractivity contribution in [3.8, 4) is 0 Å². The number of rotatable bonds is 3. The predicted molar refractivity (Wildman–Crippen MR) is 58.1 cm³/mol. The van der Waals surface area contributed by atoms with E-state index in [9.17, 15) is 0 Å². The lowest BCUT2D eigenvalue weighted by molar-refractivity contribution is -0.239. The Bertz CT molecular complexity index is 330. The zero-order valence-electron chi connectivity index (χ0n) is 10.2. The highest BCUT2D eigenvalue weighted by Gasteiger charge is 2.50. The number of hydrogen-bond acceptors (Lipinski definition) is 5. The Morgan fingerprint density at radius 2 is 2.24 bits per heavy atom. The van der Waals surface area contributed by atoms with Crippen LogP contribution in [0.4, 0.5) is 0 Å². The molecule has 2 fully saturated rings. The lowest BCUT2D eigenvalue weighted by Gasteiger charge is -2.35. The van der Waals surface area contributed by atoms with Crippen molar-refractivity contribution in [3.63, 3.8) is 0 Å². The van der Waals surface area contributed by atoms with Crippen LogP contribution in [0.3, 0.4) is 0 Å². The second-order valence-corrected chi connectivity index (χ2v) is 4.65. The number of ether oxygens (including phenoxy) is 4. The molecular weight excluding hydrogens is 226 g/mol. The molecule has 96 valence electrons. The van der Waals surface area contributed by atoms with Gasteiger partial charge in [0.2, 0.25) is 0 Å². The number of methoxy groups -OCH3 is 1. The first-order valence-electron chi connectivity index (χ1n) is 5.60. The van der Waals surface area contributed by atoms with Crippen LogP contribution in [0.2, 0.25) is 0 Å². The molecule has 0 aromatic heterocycles. The summed E-state index contributed by atoms with van der Waals surface area (Å²) in [5.74, 6) is -0.622. The Morgan fingerprint density at radius 3 is 2.88 bits per heavy atom. The molecule has 7 heteroatoms. The first-order chi connectivity index (χ1) is 8.05. The Kier molecular flexibility index (Phi) is 3.56. The van der Waals surface area contributed by atoms with E-state index >= 15 is 0 Å². The van der Waals surface area contributed by atoms with Crippen LogP contribution in [0.25, 0.3) is 10.4 Å². The van der Waals surface area contributed by atoms with Gasteiger partial charge >= 0.3 is 0 Å². The maximum absolute atomic E-state index is 8.31. The van der Waals surface area contributed by atoms with E-state index in [0.29, 0.717) is 6.42 Å². The molecule has 2 aliphatic rings. The fourth-order valence-electron chi connectivity index (χ4n) is 2.29. The molecule has 0 spiro atoms. The van der Waals surface area contributed by atoms with Crippen molar-refractivity contribution in [1.82, 2.24) is 0 Å². The van der Waals surface area contributed by atoms with E-state index in [2.05, 4.69) is 10.0 Å². The second kappa shape index (κ2) is 4.80. The maximum Gasteiger partial charge on any atom is 0.186 e. The normalized spacial score (nSPS) is 39.5. The molecule has 2 rings (SSSR count). The van der Waals surface area contributed by atoms with Crippen molar-refractivity contribution in [2.45, 2.75) is 50.7 Å². The van der Waals surface area contributed by atoms with E-state index in [-0.39, 0.29) is 24.9 Å². The fraction of sp³-hybridized carbons (Fsp3) is 1.00. The van der Waals surface area contributed by atoms with Gasteiger partial charge in [-0.2, -0.15) is 0 Å².